The number of likely N-dealkylation sites (N-methyl/N-ethyl adjacent to an activating group) is 1. The molecule has 0 fully saturated rings. The summed E-state index contributed by atoms with van der Waals surface area (Å²) in [4.78, 5) is 19.8. The van der Waals surface area contributed by atoms with Crippen LogP contribution in [0, 0.1) is 0 Å². The minimum atomic E-state index is -0.369. The van der Waals surface area contributed by atoms with Crippen molar-refractivity contribution < 1.29 is 14.3 Å². The van der Waals surface area contributed by atoms with Gasteiger partial charge in [-0.25, -0.2) is 4.98 Å². The summed E-state index contributed by atoms with van der Waals surface area (Å²) in [5.41, 5.74) is 4.82. The Morgan fingerprint density at radius 2 is 1.69 bits per heavy atom. The van der Waals surface area contributed by atoms with Crippen molar-refractivity contribution in [2.75, 3.05) is 27.8 Å². The van der Waals surface area contributed by atoms with Gasteiger partial charge < -0.3 is 18.9 Å². The Morgan fingerprint density at radius 3 is 2.46 bits per heavy atom. The Morgan fingerprint density at radius 1 is 0.949 bits per heavy atom. The second-order valence-corrected chi connectivity index (χ2v) is 10.6. The molecule has 0 saturated heterocycles. The van der Waals surface area contributed by atoms with Crippen LogP contribution in [0.1, 0.15) is 18.1 Å². The zero-order valence-electron chi connectivity index (χ0n) is 22.5. The Balaban J connectivity index is 1.32. The van der Waals surface area contributed by atoms with Gasteiger partial charge in [0.1, 0.15) is 5.52 Å². The highest BCUT2D eigenvalue weighted by Gasteiger charge is 2.22. The van der Waals surface area contributed by atoms with E-state index in [0.717, 1.165) is 27.6 Å². The number of amides is 1. The Hall–Kier alpha value is -4.11. The minimum absolute atomic E-state index is 0.00834. The van der Waals surface area contributed by atoms with Crippen molar-refractivity contribution in [2.24, 2.45) is 0 Å². The molecule has 0 aliphatic carbocycles. The van der Waals surface area contributed by atoms with Crippen LogP contribution in [0.15, 0.2) is 78.0 Å². The molecule has 200 valence electrons. The van der Waals surface area contributed by atoms with E-state index < -0.39 is 0 Å². The molecule has 8 nitrogen and oxygen atoms in total. The molecule has 0 N–H and O–H groups in total. The summed E-state index contributed by atoms with van der Waals surface area (Å²) in [6, 6.07) is 24.2. The van der Waals surface area contributed by atoms with E-state index in [9.17, 15) is 4.79 Å². The first-order valence-corrected chi connectivity index (χ1v) is 13.6. The van der Waals surface area contributed by atoms with Crippen LogP contribution in [0.3, 0.4) is 0 Å². The largest absolute Gasteiger partial charge is 0.493 e. The molecule has 1 unspecified atom stereocenters. The van der Waals surface area contributed by atoms with Crippen LogP contribution in [0.2, 0.25) is 0 Å². The number of aromatic nitrogens is 4. The van der Waals surface area contributed by atoms with Crippen LogP contribution in [0.5, 0.6) is 11.5 Å². The third kappa shape index (κ3) is 5.68. The van der Waals surface area contributed by atoms with E-state index >= 15 is 0 Å². The monoisotopic (exact) mass is 541 g/mol. The van der Waals surface area contributed by atoms with E-state index in [0.29, 0.717) is 36.2 Å². The first kappa shape index (κ1) is 26.5. The number of thioether (sulfide) groups is 1. The van der Waals surface area contributed by atoms with Crippen LogP contribution in [0.4, 0.5) is 0 Å². The molecule has 2 aromatic heterocycles. The Kier molecular flexibility index (Phi) is 7.97. The summed E-state index contributed by atoms with van der Waals surface area (Å²) in [6.07, 6.45) is 0.698. The summed E-state index contributed by atoms with van der Waals surface area (Å²) >= 11 is 1.33. The summed E-state index contributed by atoms with van der Waals surface area (Å²) in [5, 5.41) is 10.0. The van der Waals surface area contributed by atoms with Crippen LogP contribution >= 0.6 is 11.8 Å². The standard InChI is InChI=1S/C30H31N5O3S/c1-20(29(36)34(2)17-16-21-14-15-25(37-3)26(18-21)38-4)39-30-31-28-27(32-33-30)23-12-8-9-13-24(23)35(28)19-22-10-6-5-7-11-22/h5-15,18,20H,16-17,19H2,1-4H3. The quantitative estimate of drug-likeness (QED) is 0.224. The zero-order valence-corrected chi connectivity index (χ0v) is 23.3. The number of para-hydroxylation sites is 1. The van der Waals surface area contributed by atoms with Crippen LogP contribution in [0.25, 0.3) is 22.1 Å². The Labute approximate surface area is 232 Å². The number of nitrogens with zero attached hydrogens (tertiary/aromatic N) is 5. The fraction of sp³-hybridized carbons (Fsp3) is 0.267. The predicted molar refractivity (Wildman–Crippen MR) is 155 cm³/mol. The molecule has 9 heteroatoms. The molecule has 5 aromatic rings. The highest BCUT2D eigenvalue weighted by Crippen LogP contribution is 2.30. The second-order valence-electron chi connectivity index (χ2n) is 9.31. The number of hydrogen-bond donors (Lipinski definition) is 0. The molecular formula is C30H31N5O3S. The van der Waals surface area contributed by atoms with Crippen LogP contribution < -0.4 is 9.47 Å². The van der Waals surface area contributed by atoms with Crippen molar-refractivity contribution in [3.05, 3.63) is 83.9 Å². The van der Waals surface area contributed by atoms with Gasteiger partial charge >= 0.3 is 0 Å². The number of ether oxygens (including phenoxy) is 2. The average molecular weight is 542 g/mol. The maximum absolute atomic E-state index is 13.2. The van der Waals surface area contributed by atoms with Crippen molar-refractivity contribution in [1.29, 1.82) is 0 Å². The zero-order chi connectivity index (χ0) is 27.4. The number of hydrogen-bond acceptors (Lipinski definition) is 7. The molecule has 5 rings (SSSR count). The summed E-state index contributed by atoms with van der Waals surface area (Å²) < 4.78 is 12.9. The van der Waals surface area contributed by atoms with Gasteiger partial charge in [0, 0.05) is 25.5 Å². The fourth-order valence-electron chi connectivity index (χ4n) is 4.63. The maximum atomic E-state index is 13.2. The lowest BCUT2D eigenvalue weighted by Crippen LogP contribution is -2.34. The van der Waals surface area contributed by atoms with E-state index in [1.54, 1.807) is 19.1 Å². The summed E-state index contributed by atoms with van der Waals surface area (Å²) in [7, 11) is 5.05. The molecule has 0 aliphatic rings. The van der Waals surface area contributed by atoms with Gasteiger partial charge in [-0.2, -0.15) is 0 Å². The van der Waals surface area contributed by atoms with Crippen molar-refractivity contribution in [3.63, 3.8) is 0 Å². The molecule has 3 aromatic carbocycles. The van der Waals surface area contributed by atoms with Gasteiger partial charge in [-0.3, -0.25) is 4.79 Å². The van der Waals surface area contributed by atoms with Crippen molar-refractivity contribution >= 4 is 39.7 Å². The normalized spacial score (nSPS) is 12.0. The molecule has 2 heterocycles. The minimum Gasteiger partial charge on any atom is -0.493 e. The smallest absolute Gasteiger partial charge is 0.235 e. The lowest BCUT2D eigenvalue weighted by molar-refractivity contribution is -0.129. The van der Waals surface area contributed by atoms with Gasteiger partial charge in [-0.1, -0.05) is 66.4 Å². The highest BCUT2D eigenvalue weighted by molar-refractivity contribution is 8.00. The second kappa shape index (κ2) is 11.7. The van der Waals surface area contributed by atoms with Crippen molar-refractivity contribution in [2.45, 2.75) is 30.3 Å². The first-order valence-electron chi connectivity index (χ1n) is 12.8. The molecule has 0 radical (unpaired) electrons. The summed E-state index contributed by atoms with van der Waals surface area (Å²) in [6.45, 7) is 3.12. The number of fused-ring (bicyclic) bond motifs is 3. The molecule has 0 aliphatic heterocycles. The van der Waals surface area contributed by atoms with Crippen molar-refractivity contribution in [3.8, 4) is 11.5 Å². The fourth-order valence-corrected chi connectivity index (χ4v) is 5.45. The lowest BCUT2D eigenvalue weighted by Gasteiger charge is -2.21. The topological polar surface area (TPSA) is 82.4 Å². The number of carbonyl (C=O) groups is 1. The Bertz CT molecular complexity index is 1610. The van der Waals surface area contributed by atoms with E-state index in [4.69, 9.17) is 14.5 Å². The van der Waals surface area contributed by atoms with Gasteiger partial charge in [-0.05, 0) is 42.7 Å². The van der Waals surface area contributed by atoms with Crippen molar-refractivity contribution in [1.82, 2.24) is 24.6 Å². The van der Waals surface area contributed by atoms with Gasteiger partial charge in [-0.15, -0.1) is 10.2 Å². The van der Waals surface area contributed by atoms with Gasteiger partial charge in [0.25, 0.3) is 0 Å². The van der Waals surface area contributed by atoms with Gasteiger partial charge in [0.15, 0.2) is 17.1 Å². The first-order chi connectivity index (χ1) is 19.0. The third-order valence-electron chi connectivity index (χ3n) is 6.73. The SMILES string of the molecule is COc1ccc(CCN(C)C(=O)C(C)Sc2nnc3c4ccccc4n(Cc4ccccc4)c3n2)cc1OC. The van der Waals surface area contributed by atoms with E-state index in [1.165, 1.54) is 17.3 Å². The predicted octanol–water partition coefficient (Wildman–Crippen LogP) is 5.23. The van der Waals surface area contributed by atoms with E-state index in [2.05, 4.69) is 33.0 Å². The van der Waals surface area contributed by atoms with E-state index in [-0.39, 0.29) is 11.2 Å². The molecule has 1 amide bonds. The summed E-state index contributed by atoms with van der Waals surface area (Å²) in [5.74, 6) is 1.37. The third-order valence-corrected chi connectivity index (χ3v) is 7.67. The molecule has 1 atom stereocenters. The maximum Gasteiger partial charge on any atom is 0.235 e. The average Bonchev–Trinajstić information content (AvgIpc) is 3.28. The molecule has 39 heavy (non-hydrogen) atoms. The van der Waals surface area contributed by atoms with Crippen LogP contribution in [-0.2, 0) is 17.8 Å². The number of benzene rings is 3. The highest BCUT2D eigenvalue weighted by atomic mass is 32.2. The lowest BCUT2D eigenvalue weighted by atomic mass is 10.1. The number of methoxy groups -OCH3 is 2. The molecule has 0 spiro atoms. The van der Waals surface area contributed by atoms with Gasteiger partial charge in [0.2, 0.25) is 11.1 Å². The molecule has 0 saturated carbocycles. The van der Waals surface area contributed by atoms with Crippen LogP contribution in [-0.4, -0.2) is 63.6 Å². The number of carbonyl (C=O) groups excluding carboxylic acids is 1. The molecule has 0 bridgehead atoms. The molecular weight excluding hydrogens is 510 g/mol. The van der Waals surface area contributed by atoms with E-state index in [1.807, 2.05) is 68.6 Å². The number of rotatable bonds is 10. The van der Waals surface area contributed by atoms with Gasteiger partial charge in [0.05, 0.1) is 25.0 Å².